The first-order valence-corrected chi connectivity index (χ1v) is 9.95. The third-order valence-electron chi connectivity index (χ3n) is 4.95. The van der Waals surface area contributed by atoms with Gasteiger partial charge in [-0.05, 0) is 29.3 Å². The molecule has 0 aliphatic carbocycles. The number of nitrogens with two attached hydrogens (primary N) is 1. The van der Waals surface area contributed by atoms with Crippen LogP contribution in [0.3, 0.4) is 0 Å². The number of nitrogens with one attached hydrogen (secondary N) is 4. The van der Waals surface area contributed by atoms with Crippen LogP contribution in [0.2, 0.25) is 0 Å². The van der Waals surface area contributed by atoms with Gasteiger partial charge >= 0.3 is 0 Å². The van der Waals surface area contributed by atoms with Gasteiger partial charge in [-0.15, -0.1) is 0 Å². The monoisotopic (exact) mass is 422 g/mol. The van der Waals surface area contributed by atoms with Crippen molar-refractivity contribution in [3.8, 4) is 0 Å². The van der Waals surface area contributed by atoms with Crippen LogP contribution in [0.25, 0.3) is 0 Å². The quantitative estimate of drug-likeness (QED) is 0.330. The van der Waals surface area contributed by atoms with Crippen molar-refractivity contribution in [2.45, 2.75) is 18.9 Å². The number of fused-ring (bicyclic) bond motifs is 1. The fourth-order valence-electron chi connectivity index (χ4n) is 3.35. The lowest BCUT2D eigenvalue weighted by molar-refractivity contribution is -0.117. The number of guanidine groups is 1. The summed E-state index contributed by atoms with van der Waals surface area (Å²) < 4.78 is 0. The fraction of sp³-hybridized carbons (Fsp3) is 0.273. The first-order valence-electron chi connectivity index (χ1n) is 9.95. The smallest absolute Gasteiger partial charge is 0.251 e. The number of primary amides is 1. The van der Waals surface area contributed by atoms with E-state index in [0.29, 0.717) is 31.0 Å². The summed E-state index contributed by atoms with van der Waals surface area (Å²) in [5.41, 5.74) is 8.39. The van der Waals surface area contributed by atoms with Crippen molar-refractivity contribution in [3.63, 3.8) is 0 Å². The van der Waals surface area contributed by atoms with Gasteiger partial charge in [0.1, 0.15) is 0 Å². The highest BCUT2D eigenvalue weighted by molar-refractivity contribution is 5.96. The Morgan fingerprint density at radius 1 is 1.10 bits per heavy atom. The molecule has 3 rings (SSSR count). The van der Waals surface area contributed by atoms with Gasteiger partial charge in [0, 0.05) is 43.7 Å². The first-order chi connectivity index (χ1) is 15.0. The Bertz CT molecular complexity index is 987. The molecule has 1 aliphatic heterocycles. The normalized spacial score (nSPS) is 15.5. The predicted octanol–water partition coefficient (Wildman–Crippen LogP) is 0.693. The molecule has 31 heavy (non-hydrogen) atoms. The highest BCUT2D eigenvalue weighted by Gasteiger charge is 2.24. The zero-order valence-corrected chi connectivity index (χ0v) is 17.3. The second-order valence-corrected chi connectivity index (χ2v) is 7.19. The average molecular weight is 422 g/mol. The van der Waals surface area contributed by atoms with Gasteiger partial charge in [0.25, 0.3) is 5.91 Å². The molecule has 1 heterocycles. The van der Waals surface area contributed by atoms with Gasteiger partial charge in [0.2, 0.25) is 11.8 Å². The lowest BCUT2D eigenvalue weighted by Crippen LogP contribution is -2.40. The lowest BCUT2D eigenvalue weighted by atomic mass is 9.90. The molecule has 2 aromatic carbocycles. The van der Waals surface area contributed by atoms with Crippen molar-refractivity contribution in [1.29, 1.82) is 0 Å². The Labute approximate surface area is 180 Å². The molecule has 0 aromatic heterocycles. The molecule has 0 fully saturated rings. The van der Waals surface area contributed by atoms with E-state index in [1.807, 2.05) is 36.4 Å². The first kappa shape index (κ1) is 21.8. The summed E-state index contributed by atoms with van der Waals surface area (Å²) in [4.78, 5) is 38.9. The van der Waals surface area contributed by atoms with E-state index < -0.39 is 5.91 Å². The van der Waals surface area contributed by atoms with Gasteiger partial charge < -0.3 is 27.0 Å². The SMILES string of the molecule is CN=C(NCc1ccc(C(=O)NCC(N)=O)cc1)NCC1CC(=O)Nc2ccccc21. The van der Waals surface area contributed by atoms with Crippen molar-refractivity contribution in [2.24, 2.45) is 10.7 Å². The lowest BCUT2D eigenvalue weighted by Gasteiger charge is -2.26. The van der Waals surface area contributed by atoms with E-state index in [1.165, 1.54) is 0 Å². The summed E-state index contributed by atoms with van der Waals surface area (Å²) in [6.45, 7) is 0.880. The van der Waals surface area contributed by atoms with Crippen LogP contribution < -0.4 is 27.0 Å². The van der Waals surface area contributed by atoms with Crippen LogP contribution in [0.1, 0.15) is 33.8 Å². The van der Waals surface area contributed by atoms with Crippen LogP contribution in [-0.4, -0.2) is 43.8 Å². The van der Waals surface area contributed by atoms with Crippen molar-refractivity contribution in [2.75, 3.05) is 25.5 Å². The maximum absolute atomic E-state index is 12.0. The third kappa shape index (κ3) is 6.05. The minimum atomic E-state index is -0.592. The second kappa shape index (κ2) is 10.2. The van der Waals surface area contributed by atoms with E-state index in [9.17, 15) is 14.4 Å². The van der Waals surface area contributed by atoms with E-state index in [0.717, 1.165) is 16.8 Å². The summed E-state index contributed by atoms with van der Waals surface area (Å²) in [5.74, 6) is -0.264. The third-order valence-corrected chi connectivity index (χ3v) is 4.95. The topological polar surface area (TPSA) is 138 Å². The van der Waals surface area contributed by atoms with Gasteiger partial charge in [0.15, 0.2) is 5.96 Å². The molecular weight excluding hydrogens is 396 g/mol. The Kier molecular flexibility index (Phi) is 7.21. The van der Waals surface area contributed by atoms with Gasteiger partial charge in [-0.25, -0.2) is 0 Å². The number of hydrogen-bond donors (Lipinski definition) is 5. The number of anilines is 1. The summed E-state index contributed by atoms with van der Waals surface area (Å²) in [6, 6.07) is 14.8. The molecule has 9 heteroatoms. The van der Waals surface area contributed by atoms with Crippen LogP contribution in [0.4, 0.5) is 5.69 Å². The Hall–Kier alpha value is -3.88. The van der Waals surface area contributed by atoms with E-state index in [2.05, 4.69) is 26.3 Å². The molecular formula is C22H26N6O3. The molecule has 1 unspecified atom stereocenters. The summed E-state index contributed by atoms with van der Waals surface area (Å²) in [6.07, 6.45) is 0.417. The highest BCUT2D eigenvalue weighted by atomic mass is 16.2. The van der Waals surface area contributed by atoms with Crippen molar-refractivity contribution >= 4 is 29.4 Å². The highest BCUT2D eigenvalue weighted by Crippen LogP contribution is 2.31. The van der Waals surface area contributed by atoms with E-state index >= 15 is 0 Å². The molecule has 2 aromatic rings. The molecule has 6 N–H and O–H groups in total. The maximum Gasteiger partial charge on any atom is 0.251 e. The van der Waals surface area contributed by atoms with Crippen LogP contribution >= 0.6 is 0 Å². The number of para-hydroxylation sites is 1. The van der Waals surface area contributed by atoms with Gasteiger partial charge in [0.05, 0.1) is 6.54 Å². The molecule has 162 valence electrons. The Balaban J connectivity index is 1.51. The summed E-state index contributed by atoms with van der Waals surface area (Å²) in [5, 5.41) is 11.9. The van der Waals surface area contributed by atoms with E-state index in [1.54, 1.807) is 19.2 Å². The number of hydrogen-bond acceptors (Lipinski definition) is 4. The Morgan fingerprint density at radius 2 is 1.84 bits per heavy atom. The van der Waals surface area contributed by atoms with Crippen molar-refractivity contribution in [1.82, 2.24) is 16.0 Å². The number of aliphatic imine (C=N–C) groups is 1. The van der Waals surface area contributed by atoms with E-state index in [-0.39, 0.29) is 24.3 Å². The number of carbonyl (C=O) groups excluding carboxylic acids is 3. The minimum absolute atomic E-state index is 0.00778. The van der Waals surface area contributed by atoms with Gasteiger partial charge in [-0.1, -0.05) is 30.3 Å². The van der Waals surface area contributed by atoms with Crippen LogP contribution in [0.5, 0.6) is 0 Å². The average Bonchev–Trinajstić information content (AvgIpc) is 2.77. The second-order valence-electron chi connectivity index (χ2n) is 7.19. The zero-order valence-electron chi connectivity index (χ0n) is 17.3. The molecule has 0 spiro atoms. The predicted molar refractivity (Wildman–Crippen MR) is 119 cm³/mol. The van der Waals surface area contributed by atoms with Crippen LogP contribution in [0, 0.1) is 0 Å². The number of nitrogens with zero attached hydrogens (tertiary/aromatic N) is 1. The van der Waals surface area contributed by atoms with Crippen molar-refractivity contribution < 1.29 is 14.4 Å². The minimum Gasteiger partial charge on any atom is -0.368 e. The van der Waals surface area contributed by atoms with Crippen molar-refractivity contribution in [3.05, 3.63) is 65.2 Å². The molecule has 3 amide bonds. The Morgan fingerprint density at radius 3 is 2.55 bits per heavy atom. The van der Waals surface area contributed by atoms with Crippen LogP contribution in [-0.2, 0) is 16.1 Å². The van der Waals surface area contributed by atoms with Gasteiger partial charge in [-0.3, -0.25) is 19.4 Å². The zero-order chi connectivity index (χ0) is 22.2. The molecule has 1 atom stereocenters. The maximum atomic E-state index is 12.0. The van der Waals surface area contributed by atoms with E-state index in [4.69, 9.17) is 5.73 Å². The standard InChI is InChI=1S/C22H26N6O3/c1-24-22(27-12-16-10-20(30)28-18-5-3-2-4-17(16)18)26-11-14-6-8-15(9-7-14)21(31)25-13-19(23)29/h2-9,16H,10-13H2,1H3,(H2,23,29)(H,25,31)(H,28,30)(H2,24,26,27). The molecule has 0 radical (unpaired) electrons. The summed E-state index contributed by atoms with van der Waals surface area (Å²) in [7, 11) is 1.68. The number of amides is 3. The van der Waals surface area contributed by atoms with Gasteiger partial charge in [-0.2, -0.15) is 0 Å². The molecule has 0 saturated heterocycles. The van der Waals surface area contributed by atoms with Crippen LogP contribution in [0.15, 0.2) is 53.5 Å². The molecule has 9 nitrogen and oxygen atoms in total. The number of carbonyl (C=O) groups is 3. The number of rotatable bonds is 7. The molecule has 0 saturated carbocycles. The molecule has 1 aliphatic rings. The summed E-state index contributed by atoms with van der Waals surface area (Å²) >= 11 is 0. The number of benzene rings is 2. The fourth-order valence-corrected chi connectivity index (χ4v) is 3.35. The largest absolute Gasteiger partial charge is 0.368 e. The molecule has 0 bridgehead atoms.